The number of amides is 1. The molecule has 2 heterocycles. The lowest BCUT2D eigenvalue weighted by molar-refractivity contribution is 0.0940. The third-order valence-corrected chi connectivity index (χ3v) is 6.99. The van der Waals surface area contributed by atoms with Gasteiger partial charge in [-0.25, -0.2) is 8.42 Å². The Balaban J connectivity index is 1.52. The number of sulfone groups is 1. The fourth-order valence-electron chi connectivity index (χ4n) is 3.93. The molecule has 0 radical (unpaired) electrons. The van der Waals surface area contributed by atoms with Gasteiger partial charge in [0, 0.05) is 12.1 Å². The first kappa shape index (κ1) is 17.3. The van der Waals surface area contributed by atoms with E-state index in [0.717, 1.165) is 36.9 Å². The van der Waals surface area contributed by atoms with Crippen molar-refractivity contribution >= 4 is 15.7 Å². The number of hydrogen-bond donors (Lipinski definition) is 1. The van der Waals surface area contributed by atoms with Crippen molar-refractivity contribution in [2.75, 3.05) is 18.1 Å². The zero-order valence-corrected chi connectivity index (χ0v) is 15.5. The van der Waals surface area contributed by atoms with E-state index < -0.39 is 9.84 Å². The van der Waals surface area contributed by atoms with Crippen LogP contribution in [0.25, 0.3) is 0 Å². The van der Waals surface area contributed by atoms with Crippen LogP contribution in [0.4, 0.5) is 0 Å². The number of carbonyl (C=O) groups is 1. The van der Waals surface area contributed by atoms with Gasteiger partial charge in [0.1, 0.15) is 5.69 Å². The number of fused-ring (bicyclic) bond motifs is 1. The molecule has 1 aliphatic carbocycles. The first-order valence-electron chi connectivity index (χ1n) is 9.16. The Morgan fingerprint density at radius 1 is 1.23 bits per heavy atom. The summed E-state index contributed by atoms with van der Waals surface area (Å²) in [4.78, 5) is 12.9. The standard InChI is InChI=1S/C19H23N3O3S/c23-19(20-11-9-14-5-2-1-3-6-14)18-16-7-4-8-17(16)21-22(18)15-10-12-26(24,25)13-15/h1-3,5-6,15H,4,7-13H2,(H,20,23). The van der Waals surface area contributed by atoms with Crippen molar-refractivity contribution in [3.63, 3.8) is 0 Å². The highest BCUT2D eigenvalue weighted by Crippen LogP contribution is 2.31. The lowest BCUT2D eigenvalue weighted by Crippen LogP contribution is -2.30. The minimum atomic E-state index is -3.02. The number of nitrogens with one attached hydrogen (secondary N) is 1. The molecule has 26 heavy (non-hydrogen) atoms. The van der Waals surface area contributed by atoms with Crippen LogP contribution < -0.4 is 5.32 Å². The predicted molar refractivity (Wildman–Crippen MR) is 99.0 cm³/mol. The smallest absolute Gasteiger partial charge is 0.269 e. The first-order chi connectivity index (χ1) is 12.5. The summed E-state index contributed by atoms with van der Waals surface area (Å²) < 4.78 is 25.4. The molecule has 1 amide bonds. The van der Waals surface area contributed by atoms with E-state index in [4.69, 9.17) is 0 Å². The van der Waals surface area contributed by atoms with E-state index in [1.54, 1.807) is 4.68 Å². The summed E-state index contributed by atoms with van der Waals surface area (Å²) in [5.41, 5.74) is 3.72. The quantitative estimate of drug-likeness (QED) is 0.865. The van der Waals surface area contributed by atoms with Gasteiger partial charge in [0.25, 0.3) is 5.91 Å². The summed E-state index contributed by atoms with van der Waals surface area (Å²) >= 11 is 0. The van der Waals surface area contributed by atoms with E-state index in [1.165, 1.54) is 5.56 Å². The zero-order valence-electron chi connectivity index (χ0n) is 14.6. The van der Waals surface area contributed by atoms with Gasteiger partial charge in [-0.05, 0) is 37.7 Å². The van der Waals surface area contributed by atoms with Crippen LogP contribution in [-0.2, 0) is 29.1 Å². The van der Waals surface area contributed by atoms with E-state index in [1.807, 2.05) is 30.3 Å². The fraction of sp³-hybridized carbons (Fsp3) is 0.474. The first-order valence-corrected chi connectivity index (χ1v) is 11.0. The van der Waals surface area contributed by atoms with Crippen LogP contribution in [-0.4, -0.2) is 42.2 Å². The Morgan fingerprint density at radius 3 is 2.77 bits per heavy atom. The monoisotopic (exact) mass is 373 g/mol. The van der Waals surface area contributed by atoms with Gasteiger partial charge in [-0.1, -0.05) is 30.3 Å². The molecule has 1 unspecified atom stereocenters. The Labute approximate surface area is 153 Å². The van der Waals surface area contributed by atoms with Crippen molar-refractivity contribution in [3.8, 4) is 0 Å². The number of aryl methyl sites for hydroxylation is 1. The highest BCUT2D eigenvalue weighted by Gasteiger charge is 2.35. The molecule has 2 aliphatic rings. The number of aromatic nitrogens is 2. The van der Waals surface area contributed by atoms with Crippen LogP contribution in [0, 0.1) is 0 Å². The molecule has 7 heteroatoms. The van der Waals surface area contributed by atoms with Crippen molar-refractivity contribution in [2.45, 2.75) is 38.1 Å². The Bertz CT molecular complexity index is 919. The maximum absolute atomic E-state index is 12.9. The molecule has 1 fully saturated rings. The van der Waals surface area contributed by atoms with Gasteiger partial charge in [-0.15, -0.1) is 0 Å². The fourth-order valence-corrected chi connectivity index (χ4v) is 5.63. The minimum Gasteiger partial charge on any atom is -0.350 e. The molecule has 1 saturated heterocycles. The molecular weight excluding hydrogens is 350 g/mol. The normalized spacial score (nSPS) is 20.8. The molecule has 1 aromatic heterocycles. The van der Waals surface area contributed by atoms with Crippen molar-refractivity contribution in [1.82, 2.24) is 15.1 Å². The molecular formula is C19H23N3O3S. The van der Waals surface area contributed by atoms with E-state index in [2.05, 4.69) is 10.4 Å². The molecule has 1 atom stereocenters. The van der Waals surface area contributed by atoms with Crippen LogP contribution >= 0.6 is 0 Å². The van der Waals surface area contributed by atoms with Crippen molar-refractivity contribution < 1.29 is 13.2 Å². The molecule has 2 aromatic rings. The summed E-state index contributed by atoms with van der Waals surface area (Å²) in [6.45, 7) is 0.547. The molecule has 0 saturated carbocycles. The number of nitrogens with zero attached hydrogens (tertiary/aromatic N) is 2. The third-order valence-electron chi connectivity index (χ3n) is 5.24. The minimum absolute atomic E-state index is 0.0812. The largest absolute Gasteiger partial charge is 0.350 e. The van der Waals surface area contributed by atoms with Gasteiger partial charge in [0.05, 0.1) is 23.2 Å². The number of benzene rings is 1. The maximum atomic E-state index is 12.9. The van der Waals surface area contributed by atoms with E-state index in [-0.39, 0.29) is 23.5 Å². The third kappa shape index (κ3) is 3.40. The molecule has 0 spiro atoms. The van der Waals surface area contributed by atoms with Crippen LogP contribution in [0.3, 0.4) is 0 Å². The van der Waals surface area contributed by atoms with Gasteiger partial charge in [0.15, 0.2) is 9.84 Å². The highest BCUT2D eigenvalue weighted by atomic mass is 32.2. The van der Waals surface area contributed by atoms with Crippen molar-refractivity contribution in [3.05, 3.63) is 52.8 Å². The molecule has 6 nitrogen and oxygen atoms in total. The second-order valence-corrected chi connectivity index (χ2v) is 9.35. The summed E-state index contributed by atoms with van der Waals surface area (Å²) in [5.74, 6) is 0.121. The maximum Gasteiger partial charge on any atom is 0.269 e. The number of rotatable bonds is 5. The van der Waals surface area contributed by atoms with E-state index >= 15 is 0 Å². The molecule has 138 valence electrons. The lowest BCUT2D eigenvalue weighted by atomic mass is 10.1. The predicted octanol–water partition coefficient (Wildman–Crippen LogP) is 1.70. The Morgan fingerprint density at radius 2 is 2.04 bits per heavy atom. The summed E-state index contributed by atoms with van der Waals surface area (Å²) in [7, 11) is -3.02. The average Bonchev–Trinajstić information content (AvgIpc) is 3.29. The van der Waals surface area contributed by atoms with Gasteiger partial charge in [-0.3, -0.25) is 9.48 Å². The average molecular weight is 373 g/mol. The lowest BCUT2D eigenvalue weighted by Gasteiger charge is -2.14. The molecule has 4 rings (SSSR count). The topological polar surface area (TPSA) is 81.1 Å². The molecule has 0 bridgehead atoms. The summed E-state index contributed by atoms with van der Waals surface area (Å²) in [5, 5.41) is 7.62. The molecule has 1 aromatic carbocycles. The van der Waals surface area contributed by atoms with Gasteiger partial charge < -0.3 is 5.32 Å². The van der Waals surface area contributed by atoms with Crippen molar-refractivity contribution in [2.24, 2.45) is 0 Å². The zero-order chi connectivity index (χ0) is 18.1. The second kappa shape index (κ2) is 6.87. The SMILES string of the molecule is O=C(NCCc1ccccc1)c1c2c(nn1C1CCS(=O)(=O)C1)CCC2. The van der Waals surface area contributed by atoms with Crippen LogP contribution in [0.5, 0.6) is 0 Å². The molecule has 1 N–H and O–H groups in total. The van der Waals surface area contributed by atoms with Gasteiger partial charge >= 0.3 is 0 Å². The van der Waals surface area contributed by atoms with Crippen LogP contribution in [0.2, 0.25) is 0 Å². The summed E-state index contributed by atoms with van der Waals surface area (Å²) in [6, 6.07) is 9.80. The van der Waals surface area contributed by atoms with E-state index in [9.17, 15) is 13.2 Å². The number of hydrogen-bond acceptors (Lipinski definition) is 4. The second-order valence-electron chi connectivity index (χ2n) is 7.12. The van der Waals surface area contributed by atoms with Gasteiger partial charge in [0.2, 0.25) is 0 Å². The van der Waals surface area contributed by atoms with Crippen LogP contribution in [0.1, 0.15) is 46.2 Å². The highest BCUT2D eigenvalue weighted by molar-refractivity contribution is 7.91. The number of carbonyl (C=O) groups excluding carboxylic acids is 1. The van der Waals surface area contributed by atoms with Crippen molar-refractivity contribution in [1.29, 1.82) is 0 Å². The Hall–Kier alpha value is -2.15. The van der Waals surface area contributed by atoms with Crippen LogP contribution in [0.15, 0.2) is 30.3 Å². The van der Waals surface area contributed by atoms with E-state index in [0.29, 0.717) is 18.7 Å². The Kier molecular flexibility index (Phi) is 4.56. The van der Waals surface area contributed by atoms with Gasteiger partial charge in [-0.2, -0.15) is 5.10 Å². The summed E-state index contributed by atoms with van der Waals surface area (Å²) in [6.07, 6.45) is 4.02. The molecule has 1 aliphatic heterocycles.